The van der Waals surface area contributed by atoms with Crippen molar-refractivity contribution in [1.29, 1.82) is 0 Å². The zero-order chi connectivity index (χ0) is 14.1. The quantitative estimate of drug-likeness (QED) is 0.448. The van der Waals surface area contributed by atoms with Crippen LogP contribution in [0.25, 0.3) is 0 Å². The fourth-order valence-corrected chi connectivity index (χ4v) is 3.23. The maximum absolute atomic E-state index is 11.8. The first-order valence-corrected chi connectivity index (χ1v) is 8.47. The molecule has 0 saturated heterocycles. The van der Waals surface area contributed by atoms with Crippen molar-refractivity contribution in [1.82, 2.24) is 10.3 Å². The fourth-order valence-electron chi connectivity index (χ4n) is 1.43. The number of hydrogen-bond donors (Lipinski definition) is 1. The number of unbranched alkanes of at least 4 members (excludes halogenated alkanes) is 1. The maximum atomic E-state index is 11.8. The van der Waals surface area contributed by atoms with Gasteiger partial charge in [0.05, 0.1) is 6.20 Å². The van der Waals surface area contributed by atoms with Crippen molar-refractivity contribution in [3.63, 3.8) is 0 Å². The number of rotatable bonds is 8. The van der Waals surface area contributed by atoms with E-state index in [0.717, 1.165) is 29.5 Å². The minimum atomic E-state index is -0.00621. The minimum absolute atomic E-state index is 0.00621. The van der Waals surface area contributed by atoms with E-state index in [1.807, 2.05) is 0 Å². The summed E-state index contributed by atoms with van der Waals surface area (Å²) < 4.78 is 0.965. The lowest BCUT2D eigenvalue weighted by atomic mass is 10.2. The number of thioether (sulfide) groups is 1. The van der Waals surface area contributed by atoms with Gasteiger partial charge in [-0.3, -0.25) is 4.79 Å². The predicted molar refractivity (Wildman–Crippen MR) is 84.1 cm³/mol. The van der Waals surface area contributed by atoms with E-state index in [0.29, 0.717) is 10.8 Å². The SMILES string of the molecule is CCSc1ncc(C(=O)NCCC/C=C/C(C)C)s1. The van der Waals surface area contributed by atoms with Gasteiger partial charge in [0.15, 0.2) is 4.34 Å². The molecule has 19 heavy (non-hydrogen) atoms. The smallest absolute Gasteiger partial charge is 0.263 e. The van der Waals surface area contributed by atoms with Crippen LogP contribution in [-0.2, 0) is 0 Å². The number of amides is 1. The zero-order valence-electron chi connectivity index (χ0n) is 11.8. The number of aromatic nitrogens is 1. The summed E-state index contributed by atoms with van der Waals surface area (Å²) in [5.41, 5.74) is 0. The molecular formula is C14H22N2OS2. The lowest BCUT2D eigenvalue weighted by molar-refractivity contribution is 0.0957. The molecule has 1 aromatic heterocycles. The first-order valence-electron chi connectivity index (χ1n) is 6.67. The molecule has 1 amide bonds. The number of carbonyl (C=O) groups excluding carboxylic acids is 1. The van der Waals surface area contributed by atoms with Gasteiger partial charge in [-0.15, -0.1) is 11.3 Å². The van der Waals surface area contributed by atoms with Crippen LogP contribution in [0, 0.1) is 5.92 Å². The molecule has 0 aromatic carbocycles. The highest BCUT2D eigenvalue weighted by atomic mass is 32.2. The molecule has 0 bridgehead atoms. The molecule has 0 unspecified atom stereocenters. The average molecular weight is 298 g/mol. The van der Waals surface area contributed by atoms with Crippen LogP contribution < -0.4 is 5.32 Å². The molecule has 0 saturated carbocycles. The number of hydrogen-bond acceptors (Lipinski definition) is 4. The summed E-state index contributed by atoms with van der Waals surface area (Å²) in [6, 6.07) is 0. The molecule has 1 aromatic rings. The summed E-state index contributed by atoms with van der Waals surface area (Å²) in [6.07, 6.45) is 8.03. The third-order valence-electron chi connectivity index (χ3n) is 2.33. The number of nitrogens with one attached hydrogen (secondary N) is 1. The van der Waals surface area contributed by atoms with E-state index in [4.69, 9.17) is 0 Å². The Labute approximate surface area is 123 Å². The molecule has 1 rings (SSSR count). The van der Waals surface area contributed by atoms with E-state index >= 15 is 0 Å². The largest absolute Gasteiger partial charge is 0.351 e. The van der Waals surface area contributed by atoms with Gasteiger partial charge in [-0.05, 0) is 24.5 Å². The third-order valence-corrected chi connectivity index (χ3v) is 4.37. The van der Waals surface area contributed by atoms with E-state index < -0.39 is 0 Å². The van der Waals surface area contributed by atoms with Crippen LogP contribution in [0.15, 0.2) is 22.7 Å². The standard InChI is InChI=1S/C14H22N2OS2/c1-4-18-14-16-10-12(19-14)13(17)15-9-7-5-6-8-11(2)3/h6,8,10-11H,4-5,7,9H2,1-3H3,(H,15,17)/b8-6+. The second kappa shape index (κ2) is 9.15. The first-order chi connectivity index (χ1) is 9.13. The number of allylic oxidation sites excluding steroid dienone is 2. The van der Waals surface area contributed by atoms with Crippen LogP contribution in [-0.4, -0.2) is 23.2 Å². The topological polar surface area (TPSA) is 42.0 Å². The molecule has 0 atom stereocenters. The molecule has 5 heteroatoms. The van der Waals surface area contributed by atoms with E-state index in [-0.39, 0.29) is 5.91 Å². The molecule has 106 valence electrons. The van der Waals surface area contributed by atoms with Gasteiger partial charge >= 0.3 is 0 Å². The second-order valence-corrected chi connectivity index (χ2v) is 7.04. The Hall–Kier alpha value is -0.810. The van der Waals surface area contributed by atoms with Crippen molar-refractivity contribution in [3.05, 3.63) is 23.2 Å². The van der Waals surface area contributed by atoms with Crippen molar-refractivity contribution >= 4 is 29.0 Å². The molecule has 3 nitrogen and oxygen atoms in total. The van der Waals surface area contributed by atoms with Crippen LogP contribution in [0.1, 0.15) is 43.3 Å². The number of thiazole rings is 1. The van der Waals surface area contributed by atoms with E-state index in [1.54, 1.807) is 18.0 Å². The minimum Gasteiger partial charge on any atom is -0.351 e. The number of carbonyl (C=O) groups is 1. The number of nitrogens with zero attached hydrogens (tertiary/aromatic N) is 1. The molecule has 1 heterocycles. The monoisotopic (exact) mass is 298 g/mol. The van der Waals surface area contributed by atoms with Crippen LogP contribution in [0.5, 0.6) is 0 Å². The third kappa shape index (κ3) is 6.78. The van der Waals surface area contributed by atoms with Crippen LogP contribution >= 0.6 is 23.1 Å². The predicted octanol–water partition coefficient (Wildman–Crippen LogP) is 3.98. The van der Waals surface area contributed by atoms with Gasteiger partial charge in [0.25, 0.3) is 5.91 Å². The van der Waals surface area contributed by atoms with E-state index in [9.17, 15) is 4.79 Å². The fraction of sp³-hybridized carbons (Fsp3) is 0.571. The van der Waals surface area contributed by atoms with Crippen molar-refractivity contribution < 1.29 is 4.79 Å². The molecule has 0 radical (unpaired) electrons. The van der Waals surface area contributed by atoms with Gasteiger partial charge in [0, 0.05) is 6.54 Å². The molecule has 0 fully saturated rings. The van der Waals surface area contributed by atoms with Gasteiger partial charge in [0.2, 0.25) is 0 Å². The summed E-state index contributed by atoms with van der Waals surface area (Å²) in [4.78, 5) is 16.8. The lowest BCUT2D eigenvalue weighted by Gasteiger charge is -2.01. The summed E-state index contributed by atoms with van der Waals surface area (Å²) in [6.45, 7) is 7.12. The lowest BCUT2D eigenvalue weighted by Crippen LogP contribution is -2.23. The van der Waals surface area contributed by atoms with Gasteiger partial charge in [-0.2, -0.15) is 0 Å². The Morgan fingerprint density at radius 1 is 1.58 bits per heavy atom. The van der Waals surface area contributed by atoms with Gasteiger partial charge < -0.3 is 5.32 Å². The molecule has 0 spiro atoms. The van der Waals surface area contributed by atoms with E-state index in [1.165, 1.54) is 11.3 Å². The second-order valence-electron chi connectivity index (χ2n) is 4.49. The summed E-state index contributed by atoms with van der Waals surface area (Å²) in [5, 5.41) is 2.93. The van der Waals surface area contributed by atoms with Crippen LogP contribution in [0.2, 0.25) is 0 Å². The normalized spacial score (nSPS) is 11.4. The zero-order valence-corrected chi connectivity index (χ0v) is 13.4. The molecular weight excluding hydrogens is 276 g/mol. The summed E-state index contributed by atoms with van der Waals surface area (Å²) in [7, 11) is 0. The molecule has 0 aliphatic heterocycles. The molecule has 0 aliphatic carbocycles. The Balaban J connectivity index is 2.23. The molecule has 0 aliphatic rings. The summed E-state index contributed by atoms with van der Waals surface area (Å²) in [5.74, 6) is 1.58. The Morgan fingerprint density at radius 3 is 3.05 bits per heavy atom. The Kier molecular flexibility index (Phi) is 7.82. The Bertz CT molecular complexity index is 413. The van der Waals surface area contributed by atoms with Crippen molar-refractivity contribution in [2.75, 3.05) is 12.3 Å². The van der Waals surface area contributed by atoms with Crippen LogP contribution in [0.4, 0.5) is 0 Å². The highest BCUT2D eigenvalue weighted by Gasteiger charge is 2.09. The first kappa shape index (κ1) is 16.2. The highest BCUT2D eigenvalue weighted by Crippen LogP contribution is 2.23. The van der Waals surface area contributed by atoms with Gasteiger partial charge in [-0.25, -0.2) is 4.98 Å². The average Bonchev–Trinajstić information content (AvgIpc) is 2.82. The van der Waals surface area contributed by atoms with Gasteiger partial charge in [-0.1, -0.05) is 44.7 Å². The molecule has 1 N–H and O–H groups in total. The summed E-state index contributed by atoms with van der Waals surface area (Å²) >= 11 is 3.13. The maximum Gasteiger partial charge on any atom is 0.263 e. The van der Waals surface area contributed by atoms with Crippen molar-refractivity contribution in [3.8, 4) is 0 Å². The van der Waals surface area contributed by atoms with E-state index in [2.05, 4.69) is 43.2 Å². The van der Waals surface area contributed by atoms with Crippen molar-refractivity contribution in [2.24, 2.45) is 5.92 Å². The van der Waals surface area contributed by atoms with Crippen LogP contribution in [0.3, 0.4) is 0 Å². The Morgan fingerprint density at radius 2 is 2.37 bits per heavy atom. The van der Waals surface area contributed by atoms with Gasteiger partial charge in [0.1, 0.15) is 4.88 Å². The highest BCUT2D eigenvalue weighted by molar-refractivity contribution is 8.01. The van der Waals surface area contributed by atoms with Crippen molar-refractivity contribution in [2.45, 2.75) is 38.0 Å².